The summed E-state index contributed by atoms with van der Waals surface area (Å²) in [6.07, 6.45) is -1.44. The van der Waals surface area contributed by atoms with Gasteiger partial charge in [0, 0.05) is 62.1 Å². The van der Waals surface area contributed by atoms with E-state index in [0.29, 0.717) is 42.8 Å². The van der Waals surface area contributed by atoms with Crippen molar-refractivity contribution in [3.8, 4) is 0 Å². The molecule has 2 saturated heterocycles. The van der Waals surface area contributed by atoms with Gasteiger partial charge in [-0.3, -0.25) is 9.69 Å². The third-order valence-corrected chi connectivity index (χ3v) is 7.15. The normalized spacial score (nSPS) is 19.6. The Morgan fingerprint density at radius 1 is 1.16 bits per heavy atom. The molecule has 0 radical (unpaired) electrons. The minimum atomic E-state index is -4.64. The first kappa shape index (κ1) is 26.5. The highest BCUT2D eigenvalue weighted by atomic mass is 35.5. The fraction of sp³-hybridized carbons (Fsp3) is 0.440. The summed E-state index contributed by atoms with van der Waals surface area (Å²) in [6.45, 7) is 3.67. The molecule has 2 aliphatic heterocycles. The first-order valence-corrected chi connectivity index (χ1v) is 12.7. The zero-order chi connectivity index (χ0) is 26.9. The van der Waals surface area contributed by atoms with Gasteiger partial charge in [-0.25, -0.2) is 15.0 Å². The third kappa shape index (κ3) is 5.68. The molecular formula is C25H27ClF3N7O2. The number of ether oxygens (including phenoxy) is 1. The molecule has 202 valence electrons. The molecule has 1 amide bonds. The van der Waals surface area contributed by atoms with E-state index in [9.17, 15) is 18.0 Å². The van der Waals surface area contributed by atoms with Crippen molar-refractivity contribution in [2.45, 2.75) is 24.7 Å². The number of fused-ring (bicyclic) bond motifs is 1. The number of morpholine rings is 1. The highest BCUT2D eigenvalue weighted by molar-refractivity contribution is 6.35. The van der Waals surface area contributed by atoms with Crippen LogP contribution in [0.2, 0.25) is 5.02 Å². The molecule has 3 N–H and O–H groups in total. The van der Waals surface area contributed by atoms with Crippen LogP contribution in [0.15, 0.2) is 36.7 Å². The SMILES string of the molecule is NC1CCN(c2ccc3c(C(=O)NCC(c4cnc(C(F)(F)F)nc4)N4CCOCC4)c(Cl)ccc3n2)C1. The summed E-state index contributed by atoms with van der Waals surface area (Å²) in [5, 5.41) is 3.78. The van der Waals surface area contributed by atoms with E-state index < -0.39 is 23.9 Å². The molecule has 0 bridgehead atoms. The molecule has 2 atom stereocenters. The van der Waals surface area contributed by atoms with Crippen LogP contribution >= 0.6 is 11.6 Å². The summed E-state index contributed by atoms with van der Waals surface area (Å²) in [4.78, 5) is 29.3. The molecule has 3 aromatic rings. The van der Waals surface area contributed by atoms with Crippen molar-refractivity contribution >= 4 is 34.2 Å². The maximum atomic E-state index is 13.4. The van der Waals surface area contributed by atoms with Gasteiger partial charge in [-0.15, -0.1) is 0 Å². The number of anilines is 1. The number of hydrogen-bond acceptors (Lipinski definition) is 8. The highest BCUT2D eigenvalue weighted by Crippen LogP contribution is 2.30. The number of alkyl halides is 3. The van der Waals surface area contributed by atoms with Crippen LogP contribution in [0.5, 0.6) is 0 Å². The van der Waals surface area contributed by atoms with E-state index in [1.165, 1.54) is 0 Å². The molecule has 0 saturated carbocycles. The fourth-order valence-electron chi connectivity index (χ4n) is 4.85. The summed E-state index contributed by atoms with van der Waals surface area (Å²) in [5.74, 6) is -0.838. The Morgan fingerprint density at radius 2 is 1.89 bits per heavy atom. The smallest absolute Gasteiger partial charge is 0.379 e. The number of halogens is 4. The molecule has 2 aliphatic rings. The monoisotopic (exact) mass is 549 g/mol. The zero-order valence-electron chi connectivity index (χ0n) is 20.4. The molecule has 0 spiro atoms. The Bertz CT molecular complexity index is 1300. The maximum Gasteiger partial charge on any atom is 0.451 e. The Morgan fingerprint density at radius 3 is 2.55 bits per heavy atom. The lowest BCUT2D eigenvalue weighted by Crippen LogP contribution is -2.44. The van der Waals surface area contributed by atoms with Gasteiger partial charge in [-0.05, 0) is 30.7 Å². The number of aromatic nitrogens is 3. The van der Waals surface area contributed by atoms with Crippen molar-refractivity contribution in [3.05, 3.63) is 58.6 Å². The molecule has 0 aliphatic carbocycles. The second-order valence-corrected chi connectivity index (χ2v) is 9.77. The minimum absolute atomic E-state index is 0.105. The lowest BCUT2D eigenvalue weighted by atomic mass is 10.1. The van der Waals surface area contributed by atoms with Gasteiger partial charge in [0.2, 0.25) is 5.82 Å². The van der Waals surface area contributed by atoms with Gasteiger partial charge in [-0.1, -0.05) is 11.6 Å². The van der Waals surface area contributed by atoms with E-state index in [1.807, 2.05) is 17.0 Å². The van der Waals surface area contributed by atoms with Crippen LogP contribution in [-0.2, 0) is 10.9 Å². The van der Waals surface area contributed by atoms with Crippen LogP contribution in [0.25, 0.3) is 10.9 Å². The number of amides is 1. The highest BCUT2D eigenvalue weighted by Gasteiger charge is 2.35. The largest absolute Gasteiger partial charge is 0.451 e. The van der Waals surface area contributed by atoms with Crippen molar-refractivity contribution in [2.75, 3.05) is 50.8 Å². The van der Waals surface area contributed by atoms with E-state index in [4.69, 9.17) is 27.1 Å². The van der Waals surface area contributed by atoms with Crippen LogP contribution in [0, 0.1) is 0 Å². The van der Waals surface area contributed by atoms with Gasteiger partial charge in [0.15, 0.2) is 0 Å². The summed E-state index contributed by atoms with van der Waals surface area (Å²) in [5.41, 5.74) is 7.40. The molecule has 4 heterocycles. The number of nitrogens with one attached hydrogen (secondary N) is 1. The molecule has 9 nitrogen and oxygen atoms in total. The summed E-state index contributed by atoms with van der Waals surface area (Å²) in [7, 11) is 0. The third-order valence-electron chi connectivity index (χ3n) is 6.83. The topological polar surface area (TPSA) is 110 Å². The average molecular weight is 550 g/mol. The predicted octanol–water partition coefficient (Wildman–Crippen LogP) is 3.04. The average Bonchev–Trinajstić information content (AvgIpc) is 3.35. The van der Waals surface area contributed by atoms with Crippen LogP contribution in [0.1, 0.15) is 34.2 Å². The van der Waals surface area contributed by atoms with Crippen LogP contribution < -0.4 is 16.0 Å². The molecule has 2 aromatic heterocycles. The van der Waals surface area contributed by atoms with Gasteiger partial charge >= 0.3 is 6.18 Å². The fourth-order valence-corrected chi connectivity index (χ4v) is 5.10. The summed E-state index contributed by atoms with van der Waals surface area (Å²) < 4.78 is 44.3. The standard InChI is InChI=1S/C25H27ClF3N7O2/c26-18-2-3-19-17(1-4-21(34-19)36-6-5-16(30)14-36)22(18)23(37)31-13-20(35-7-9-38-10-8-35)15-11-32-24(33-12-15)25(27,28)29/h1-4,11-12,16,20H,5-10,13-14,30H2,(H,31,37). The number of benzene rings is 1. The lowest BCUT2D eigenvalue weighted by Gasteiger charge is -2.34. The molecule has 13 heteroatoms. The van der Waals surface area contributed by atoms with E-state index in [0.717, 1.165) is 37.7 Å². The van der Waals surface area contributed by atoms with Crippen molar-refractivity contribution in [2.24, 2.45) is 5.73 Å². The van der Waals surface area contributed by atoms with Gasteiger partial charge in [0.25, 0.3) is 5.91 Å². The maximum absolute atomic E-state index is 13.4. The molecule has 2 unspecified atom stereocenters. The number of carbonyl (C=O) groups excluding carboxylic acids is 1. The van der Waals surface area contributed by atoms with Gasteiger partial charge in [0.05, 0.1) is 35.4 Å². The Labute approximate surface area is 222 Å². The molecule has 5 rings (SSSR count). The van der Waals surface area contributed by atoms with Gasteiger partial charge in [-0.2, -0.15) is 13.2 Å². The Kier molecular flexibility index (Phi) is 7.66. The Balaban J connectivity index is 1.38. The lowest BCUT2D eigenvalue weighted by molar-refractivity contribution is -0.145. The van der Waals surface area contributed by atoms with Gasteiger partial charge < -0.3 is 20.7 Å². The first-order chi connectivity index (χ1) is 18.2. The van der Waals surface area contributed by atoms with E-state index >= 15 is 0 Å². The number of carbonyl (C=O) groups is 1. The first-order valence-electron chi connectivity index (χ1n) is 12.3. The summed E-state index contributed by atoms with van der Waals surface area (Å²) >= 11 is 6.46. The van der Waals surface area contributed by atoms with E-state index in [-0.39, 0.29) is 23.2 Å². The number of nitrogens with zero attached hydrogens (tertiary/aromatic N) is 5. The van der Waals surface area contributed by atoms with Crippen molar-refractivity contribution in [1.82, 2.24) is 25.2 Å². The van der Waals surface area contributed by atoms with Crippen LogP contribution in [-0.4, -0.2) is 77.7 Å². The second kappa shape index (κ2) is 11.0. The van der Waals surface area contributed by atoms with Crippen LogP contribution in [0.4, 0.5) is 19.0 Å². The quantitative estimate of drug-likeness (QED) is 0.483. The van der Waals surface area contributed by atoms with Crippen molar-refractivity contribution in [1.29, 1.82) is 0 Å². The second-order valence-electron chi connectivity index (χ2n) is 9.37. The van der Waals surface area contributed by atoms with E-state index in [2.05, 4.69) is 20.2 Å². The molecule has 2 fully saturated rings. The van der Waals surface area contributed by atoms with Gasteiger partial charge in [0.1, 0.15) is 5.82 Å². The molecule has 1 aromatic carbocycles. The predicted molar refractivity (Wildman–Crippen MR) is 136 cm³/mol. The van der Waals surface area contributed by atoms with Crippen molar-refractivity contribution in [3.63, 3.8) is 0 Å². The number of rotatable bonds is 6. The number of hydrogen-bond donors (Lipinski definition) is 2. The molecular weight excluding hydrogens is 523 g/mol. The van der Waals surface area contributed by atoms with E-state index in [1.54, 1.807) is 12.1 Å². The zero-order valence-corrected chi connectivity index (χ0v) is 21.2. The van der Waals surface area contributed by atoms with Crippen molar-refractivity contribution < 1.29 is 22.7 Å². The van der Waals surface area contributed by atoms with Crippen LogP contribution in [0.3, 0.4) is 0 Å². The minimum Gasteiger partial charge on any atom is -0.379 e. The Hall–Kier alpha value is -3.06. The number of pyridine rings is 1. The number of nitrogens with two attached hydrogens (primary N) is 1. The summed E-state index contributed by atoms with van der Waals surface area (Å²) in [6, 6.07) is 6.73. The molecule has 38 heavy (non-hydrogen) atoms.